The predicted octanol–water partition coefficient (Wildman–Crippen LogP) is 3.10. The van der Waals surface area contributed by atoms with E-state index in [-0.39, 0.29) is 12.3 Å². The number of anilines is 1. The minimum absolute atomic E-state index is 0.137. The molecule has 1 aromatic carbocycles. The molecule has 5 nitrogen and oxygen atoms in total. The number of carbonyl (C=O) groups is 1. The second-order valence-electron chi connectivity index (χ2n) is 5.07. The molecule has 0 aliphatic heterocycles. The Hall–Kier alpha value is -2.65. The maximum absolute atomic E-state index is 12.1. The summed E-state index contributed by atoms with van der Waals surface area (Å²) in [5.74, 6) is -0.137. The highest BCUT2D eigenvalue weighted by Crippen LogP contribution is 2.20. The Morgan fingerprint density at radius 1 is 1.39 bits per heavy atom. The second kappa shape index (κ2) is 7.56. The van der Waals surface area contributed by atoms with Crippen LogP contribution in [0, 0.1) is 11.3 Å². The van der Waals surface area contributed by atoms with Gasteiger partial charge in [0.15, 0.2) is 0 Å². The summed E-state index contributed by atoms with van der Waals surface area (Å²) in [4.78, 5) is 16.4. The number of thiazole rings is 1. The van der Waals surface area contributed by atoms with Gasteiger partial charge in [0.25, 0.3) is 0 Å². The molecule has 0 aliphatic rings. The van der Waals surface area contributed by atoms with Crippen molar-refractivity contribution in [1.29, 1.82) is 5.26 Å². The third kappa shape index (κ3) is 4.41. The summed E-state index contributed by atoms with van der Waals surface area (Å²) in [6, 6.07) is 9.79. The molecule has 0 bridgehead atoms. The average molecular weight is 326 g/mol. The summed E-state index contributed by atoms with van der Waals surface area (Å²) in [6.45, 7) is 3.74. The molecule has 0 atom stereocenters. The van der Waals surface area contributed by atoms with Crippen LogP contribution in [0.2, 0.25) is 0 Å². The standard InChI is InChI=1S/C17H18N4OS/c1-3-12-4-6-13(7-5-12)20-16(22)8-17-21-15(10-23-17)14(9-18)11(2)19/h4-7,10H,3,8,19H2,1-2H3,(H,20,22)/b14-11-. The number of hydrogen-bond donors (Lipinski definition) is 2. The van der Waals surface area contributed by atoms with E-state index in [1.54, 1.807) is 12.3 Å². The van der Waals surface area contributed by atoms with Crippen LogP contribution in [0.1, 0.15) is 30.1 Å². The molecule has 0 fully saturated rings. The molecule has 2 rings (SSSR count). The third-order valence-electron chi connectivity index (χ3n) is 3.27. The number of carbonyl (C=O) groups excluding carboxylic acids is 1. The van der Waals surface area contributed by atoms with E-state index >= 15 is 0 Å². The van der Waals surface area contributed by atoms with E-state index in [9.17, 15) is 4.79 Å². The first-order valence-corrected chi connectivity index (χ1v) is 8.11. The number of nitrogens with one attached hydrogen (secondary N) is 1. The minimum Gasteiger partial charge on any atom is -0.401 e. The molecule has 2 aromatic rings. The summed E-state index contributed by atoms with van der Waals surface area (Å²) in [6.07, 6.45) is 1.13. The first-order chi connectivity index (χ1) is 11.0. The summed E-state index contributed by atoms with van der Waals surface area (Å²) in [5.41, 5.74) is 8.94. The highest BCUT2D eigenvalue weighted by Gasteiger charge is 2.12. The summed E-state index contributed by atoms with van der Waals surface area (Å²) in [7, 11) is 0. The van der Waals surface area contributed by atoms with Crippen LogP contribution in [-0.2, 0) is 17.6 Å². The number of nitriles is 1. The van der Waals surface area contributed by atoms with Crippen molar-refractivity contribution in [3.8, 4) is 6.07 Å². The number of aryl methyl sites for hydroxylation is 1. The van der Waals surface area contributed by atoms with Gasteiger partial charge in [-0.05, 0) is 31.0 Å². The number of allylic oxidation sites excluding steroid dienone is 2. The fourth-order valence-electron chi connectivity index (χ4n) is 2.02. The Kier molecular flexibility index (Phi) is 5.50. The van der Waals surface area contributed by atoms with E-state index < -0.39 is 0 Å². The summed E-state index contributed by atoms with van der Waals surface area (Å²) < 4.78 is 0. The molecule has 0 spiro atoms. The van der Waals surface area contributed by atoms with Gasteiger partial charge in [-0.15, -0.1) is 11.3 Å². The van der Waals surface area contributed by atoms with Crippen LogP contribution in [0.4, 0.5) is 5.69 Å². The molecule has 0 saturated heterocycles. The van der Waals surface area contributed by atoms with Crippen LogP contribution < -0.4 is 11.1 Å². The molecular weight excluding hydrogens is 308 g/mol. The largest absolute Gasteiger partial charge is 0.401 e. The summed E-state index contributed by atoms with van der Waals surface area (Å²) in [5, 5.41) is 14.3. The normalized spacial score (nSPS) is 11.5. The minimum atomic E-state index is -0.137. The Labute approximate surface area is 139 Å². The number of amides is 1. The van der Waals surface area contributed by atoms with Crippen LogP contribution in [0.3, 0.4) is 0 Å². The predicted molar refractivity (Wildman–Crippen MR) is 92.7 cm³/mol. The zero-order valence-corrected chi connectivity index (χ0v) is 13.9. The topological polar surface area (TPSA) is 91.8 Å². The Balaban J connectivity index is 2.02. The molecular formula is C17H18N4OS. The van der Waals surface area contributed by atoms with E-state index in [2.05, 4.69) is 17.2 Å². The smallest absolute Gasteiger partial charge is 0.231 e. The lowest BCUT2D eigenvalue weighted by Gasteiger charge is -2.04. The van der Waals surface area contributed by atoms with Gasteiger partial charge in [0.05, 0.1) is 17.7 Å². The molecule has 0 radical (unpaired) electrons. The second-order valence-corrected chi connectivity index (χ2v) is 6.01. The van der Waals surface area contributed by atoms with Gasteiger partial charge in [-0.2, -0.15) is 5.26 Å². The zero-order valence-electron chi connectivity index (χ0n) is 13.1. The monoisotopic (exact) mass is 326 g/mol. The van der Waals surface area contributed by atoms with Crippen LogP contribution in [0.15, 0.2) is 35.3 Å². The lowest BCUT2D eigenvalue weighted by molar-refractivity contribution is -0.115. The van der Waals surface area contributed by atoms with Gasteiger partial charge >= 0.3 is 0 Å². The molecule has 6 heteroatoms. The molecule has 0 unspecified atom stereocenters. The Morgan fingerprint density at radius 3 is 2.65 bits per heavy atom. The molecule has 1 amide bonds. The van der Waals surface area contributed by atoms with Crippen LogP contribution in [0.25, 0.3) is 5.57 Å². The molecule has 3 N–H and O–H groups in total. The molecule has 0 aliphatic carbocycles. The molecule has 23 heavy (non-hydrogen) atoms. The van der Waals surface area contributed by atoms with Gasteiger partial charge in [-0.25, -0.2) is 4.98 Å². The number of hydrogen-bond acceptors (Lipinski definition) is 5. The van der Waals surface area contributed by atoms with Gasteiger partial charge in [0.1, 0.15) is 11.1 Å². The third-order valence-corrected chi connectivity index (χ3v) is 4.12. The van der Waals surface area contributed by atoms with Gasteiger partial charge in [-0.3, -0.25) is 4.79 Å². The fourth-order valence-corrected chi connectivity index (χ4v) is 2.80. The Bertz CT molecular complexity index is 765. The number of nitrogens with two attached hydrogens (primary N) is 1. The van der Waals surface area contributed by atoms with E-state index in [1.165, 1.54) is 16.9 Å². The lowest BCUT2D eigenvalue weighted by Crippen LogP contribution is -2.14. The molecule has 1 heterocycles. The van der Waals surface area contributed by atoms with Crippen molar-refractivity contribution in [2.75, 3.05) is 5.32 Å². The van der Waals surface area contributed by atoms with Gasteiger partial charge in [-0.1, -0.05) is 19.1 Å². The van der Waals surface area contributed by atoms with Crippen LogP contribution >= 0.6 is 11.3 Å². The fraction of sp³-hybridized carbons (Fsp3) is 0.235. The first kappa shape index (κ1) is 16.7. The number of benzene rings is 1. The Morgan fingerprint density at radius 2 is 2.09 bits per heavy atom. The van der Waals surface area contributed by atoms with Crippen molar-refractivity contribution in [3.63, 3.8) is 0 Å². The van der Waals surface area contributed by atoms with Crippen molar-refractivity contribution in [2.45, 2.75) is 26.7 Å². The number of nitrogens with zero attached hydrogens (tertiary/aromatic N) is 2. The van der Waals surface area contributed by atoms with Crippen molar-refractivity contribution >= 4 is 28.5 Å². The first-order valence-electron chi connectivity index (χ1n) is 7.23. The summed E-state index contributed by atoms with van der Waals surface area (Å²) >= 11 is 1.34. The van der Waals surface area contributed by atoms with Crippen molar-refractivity contribution in [3.05, 3.63) is 51.6 Å². The van der Waals surface area contributed by atoms with E-state index in [1.807, 2.05) is 30.3 Å². The number of aromatic nitrogens is 1. The van der Waals surface area contributed by atoms with Gasteiger partial charge < -0.3 is 11.1 Å². The van der Waals surface area contributed by atoms with E-state index in [4.69, 9.17) is 11.0 Å². The van der Waals surface area contributed by atoms with Crippen molar-refractivity contribution < 1.29 is 4.79 Å². The highest BCUT2D eigenvalue weighted by atomic mass is 32.1. The van der Waals surface area contributed by atoms with Gasteiger partial charge in [0, 0.05) is 16.8 Å². The molecule has 1 aromatic heterocycles. The quantitative estimate of drug-likeness (QED) is 0.826. The SMILES string of the molecule is CCc1ccc(NC(=O)Cc2nc(/C(C#N)=C(/C)N)cs2)cc1. The molecule has 118 valence electrons. The number of rotatable bonds is 5. The van der Waals surface area contributed by atoms with Crippen LogP contribution in [0.5, 0.6) is 0 Å². The maximum Gasteiger partial charge on any atom is 0.231 e. The molecule has 0 saturated carbocycles. The van der Waals surface area contributed by atoms with Gasteiger partial charge in [0.2, 0.25) is 5.91 Å². The van der Waals surface area contributed by atoms with E-state index in [0.717, 1.165) is 12.1 Å². The van der Waals surface area contributed by atoms with E-state index in [0.29, 0.717) is 22.0 Å². The van der Waals surface area contributed by atoms with Crippen LogP contribution in [-0.4, -0.2) is 10.9 Å². The zero-order chi connectivity index (χ0) is 16.8. The highest BCUT2D eigenvalue weighted by molar-refractivity contribution is 7.09. The maximum atomic E-state index is 12.1. The van der Waals surface area contributed by atoms with Crippen molar-refractivity contribution in [2.24, 2.45) is 5.73 Å². The van der Waals surface area contributed by atoms with Crippen molar-refractivity contribution in [1.82, 2.24) is 4.98 Å². The lowest BCUT2D eigenvalue weighted by atomic mass is 10.1. The average Bonchev–Trinajstić information content (AvgIpc) is 2.96.